The van der Waals surface area contributed by atoms with Gasteiger partial charge in [-0.3, -0.25) is 0 Å². The van der Waals surface area contributed by atoms with Crippen LogP contribution in [0.3, 0.4) is 0 Å². The van der Waals surface area contributed by atoms with Crippen molar-refractivity contribution in [3.63, 3.8) is 0 Å². The van der Waals surface area contributed by atoms with E-state index in [0.717, 1.165) is 11.3 Å². The van der Waals surface area contributed by atoms with Crippen LogP contribution in [0, 0.1) is 0 Å². The third kappa shape index (κ3) is 4.45. The van der Waals surface area contributed by atoms with Crippen LogP contribution in [0.5, 0.6) is 0 Å². The molecular weight excluding hydrogens is 655 g/mol. The van der Waals surface area contributed by atoms with E-state index in [2.05, 4.69) is 0 Å². The van der Waals surface area contributed by atoms with Gasteiger partial charge in [0.25, 0.3) is 0 Å². The topological polar surface area (TPSA) is 29.5 Å². The van der Waals surface area contributed by atoms with E-state index in [1.807, 2.05) is 0 Å². The van der Waals surface area contributed by atoms with Gasteiger partial charge in [-0.1, -0.05) is 127 Å². The molecule has 11 rings (SSSR count). The second-order valence-electron chi connectivity index (χ2n) is 11.7. The number of furan rings is 2. The standard InChI is InChI=1S/C48H29NO2S/c1-4-19-43-36(10-1)39-15-7-13-34(46(39)50-43)30-22-26-32(27-23-30)49(42-18-9-17-41-38-12-3-6-21-45(38)52-48(41)42)33-28-24-31(25-29-33)35-14-8-16-40-37-11-2-5-20-44(37)51-47(35)40/h1-29H/i1D,2D,3D,4D,5D,6D,7D,8D,9D,10D,11D,12D,13D,14D,15D,16D,17D,18D,19D,20D,21D. The Morgan fingerprint density at radius 1 is 0.423 bits per heavy atom. The van der Waals surface area contributed by atoms with Crippen molar-refractivity contribution < 1.29 is 37.6 Å². The molecule has 3 nitrogen and oxygen atoms in total. The third-order valence-corrected chi connectivity index (χ3v) is 9.95. The quantitative estimate of drug-likeness (QED) is 0.179. The molecule has 0 aliphatic carbocycles. The van der Waals surface area contributed by atoms with E-state index < -0.39 is 127 Å². The molecule has 0 spiro atoms. The SMILES string of the molecule is [2H]c1c([2H])c([2H])c2c(oc3c(-c4ccc(N(c5ccc(-c6c([2H])c([2H])c([2H])c7c6oc6c([2H])c([2H])c([2H])c([2H])c67)cc5)c5c([2H])c([2H])c([2H])c6c5sc5c([2H])c([2H])c([2H])c([2H])c56)cc4)c([2H])c([2H])c([2H])c32)c1[2H]. The highest BCUT2D eigenvalue weighted by Crippen LogP contribution is 2.46. The number of nitrogens with zero attached hydrogens (tertiary/aromatic N) is 1. The number of hydrogen-bond donors (Lipinski definition) is 0. The molecule has 3 aromatic heterocycles. The fraction of sp³-hybridized carbons (Fsp3) is 0. The lowest BCUT2D eigenvalue weighted by Crippen LogP contribution is -2.10. The van der Waals surface area contributed by atoms with Crippen LogP contribution in [0.25, 0.3) is 86.3 Å². The molecule has 0 atom stereocenters. The van der Waals surface area contributed by atoms with Crippen molar-refractivity contribution in [1.82, 2.24) is 0 Å². The number of anilines is 3. The van der Waals surface area contributed by atoms with E-state index in [9.17, 15) is 1.37 Å². The molecule has 0 saturated heterocycles. The molecular formula is C48H29NO2S. The van der Waals surface area contributed by atoms with Crippen LogP contribution in [0.15, 0.2) is 184 Å². The maximum Gasteiger partial charge on any atom is 0.143 e. The van der Waals surface area contributed by atoms with E-state index in [1.54, 1.807) is 24.3 Å². The van der Waals surface area contributed by atoms with Crippen molar-refractivity contribution in [2.45, 2.75) is 0 Å². The van der Waals surface area contributed by atoms with E-state index in [1.165, 1.54) is 29.2 Å². The van der Waals surface area contributed by atoms with Gasteiger partial charge in [0.15, 0.2) is 0 Å². The van der Waals surface area contributed by atoms with Gasteiger partial charge in [-0.2, -0.15) is 0 Å². The van der Waals surface area contributed by atoms with Crippen LogP contribution >= 0.6 is 11.3 Å². The fourth-order valence-electron chi connectivity index (χ4n) is 6.50. The van der Waals surface area contributed by atoms with Crippen LogP contribution in [-0.2, 0) is 0 Å². The molecule has 0 bridgehead atoms. The summed E-state index contributed by atoms with van der Waals surface area (Å²) >= 11 is 0.890. The number of fused-ring (bicyclic) bond motifs is 9. The molecule has 0 saturated carbocycles. The van der Waals surface area contributed by atoms with E-state index in [4.69, 9.17) is 36.2 Å². The lowest BCUT2D eigenvalue weighted by molar-refractivity contribution is 0.669. The van der Waals surface area contributed by atoms with E-state index in [0.29, 0.717) is 0 Å². The van der Waals surface area contributed by atoms with Gasteiger partial charge in [-0.05, 0) is 59.6 Å². The second-order valence-corrected chi connectivity index (χ2v) is 12.7. The molecule has 0 radical (unpaired) electrons. The summed E-state index contributed by atoms with van der Waals surface area (Å²) in [6, 6.07) is 1.53. The average Bonchev–Trinajstić information content (AvgIpc) is 4.11. The van der Waals surface area contributed by atoms with Gasteiger partial charge in [0, 0.05) is 59.5 Å². The Hall–Kier alpha value is -6.62. The highest BCUT2D eigenvalue weighted by molar-refractivity contribution is 7.26. The summed E-state index contributed by atoms with van der Waals surface area (Å²) in [5.41, 5.74) is 0.115. The molecule has 0 unspecified atom stereocenters. The van der Waals surface area contributed by atoms with Crippen molar-refractivity contribution in [2.75, 3.05) is 4.90 Å². The zero-order chi connectivity index (χ0) is 52.4. The van der Waals surface area contributed by atoms with Crippen molar-refractivity contribution in [3.05, 3.63) is 175 Å². The summed E-state index contributed by atoms with van der Waals surface area (Å²) in [5, 5.41) is -0.506. The monoisotopic (exact) mass is 704 g/mol. The molecule has 11 aromatic rings. The van der Waals surface area contributed by atoms with Crippen LogP contribution < -0.4 is 4.90 Å². The summed E-state index contributed by atoms with van der Waals surface area (Å²) in [6.45, 7) is 0. The van der Waals surface area contributed by atoms with Crippen LogP contribution in [-0.4, -0.2) is 0 Å². The normalized spacial score (nSPS) is 17.5. The van der Waals surface area contributed by atoms with Gasteiger partial charge in [-0.25, -0.2) is 0 Å². The third-order valence-electron chi connectivity index (χ3n) is 8.84. The summed E-state index contributed by atoms with van der Waals surface area (Å²) in [5.74, 6) is 0. The first kappa shape index (κ1) is 15.3. The highest BCUT2D eigenvalue weighted by Gasteiger charge is 2.20. The molecule has 0 N–H and O–H groups in total. The first-order valence-electron chi connectivity index (χ1n) is 26.3. The molecule has 0 aliphatic rings. The predicted molar refractivity (Wildman–Crippen MR) is 219 cm³/mol. The van der Waals surface area contributed by atoms with Crippen molar-refractivity contribution in [2.24, 2.45) is 0 Å². The zero-order valence-electron chi connectivity index (χ0n) is 47.3. The smallest absolute Gasteiger partial charge is 0.143 e. The minimum absolute atomic E-state index is 0.0150. The van der Waals surface area contributed by atoms with Crippen molar-refractivity contribution in [1.29, 1.82) is 0 Å². The van der Waals surface area contributed by atoms with E-state index in [-0.39, 0.29) is 103 Å². The number of para-hydroxylation sites is 4. The van der Waals surface area contributed by atoms with Crippen molar-refractivity contribution in [3.8, 4) is 22.3 Å². The lowest BCUT2D eigenvalue weighted by atomic mass is 10.0. The molecule has 0 aliphatic heterocycles. The van der Waals surface area contributed by atoms with E-state index >= 15 is 0 Å². The Morgan fingerprint density at radius 2 is 0.885 bits per heavy atom. The first-order chi connectivity index (χ1) is 34.5. The largest absolute Gasteiger partial charge is 0.455 e. The zero-order valence-corrected chi connectivity index (χ0v) is 27.1. The van der Waals surface area contributed by atoms with Gasteiger partial charge in [0.2, 0.25) is 0 Å². The minimum Gasteiger partial charge on any atom is -0.455 e. The van der Waals surface area contributed by atoms with Gasteiger partial charge < -0.3 is 13.7 Å². The fourth-order valence-corrected chi connectivity index (χ4v) is 7.55. The molecule has 0 amide bonds. The highest BCUT2D eigenvalue weighted by atomic mass is 32.1. The summed E-state index contributed by atoms with van der Waals surface area (Å²) in [7, 11) is 0. The Bertz CT molecular complexity index is 4140. The second kappa shape index (κ2) is 11.5. The molecule has 0 fully saturated rings. The van der Waals surface area contributed by atoms with Crippen LogP contribution in [0.1, 0.15) is 28.8 Å². The molecule has 8 aromatic carbocycles. The molecule has 4 heteroatoms. The summed E-state index contributed by atoms with van der Waals surface area (Å²) in [6.07, 6.45) is 0. The molecule has 3 heterocycles. The number of rotatable bonds is 5. The van der Waals surface area contributed by atoms with Crippen LogP contribution in [0.4, 0.5) is 17.1 Å². The van der Waals surface area contributed by atoms with Crippen molar-refractivity contribution >= 4 is 92.4 Å². The molecule has 244 valence electrons. The maximum absolute atomic E-state index is 9.45. The van der Waals surface area contributed by atoms with Gasteiger partial charge in [0.05, 0.1) is 39.2 Å². The summed E-state index contributed by atoms with van der Waals surface area (Å²) < 4.78 is 195. The maximum atomic E-state index is 9.45. The van der Waals surface area contributed by atoms with Crippen LogP contribution in [0.2, 0.25) is 0 Å². The Kier molecular flexibility index (Phi) is 3.38. The van der Waals surface area contributed by atoms with Gasteiger partial charge in [-0.15, -0.1) is 11.3 Å². The first-order valence-corrected chi connectivity index (χ1v) is 16.6. The minimum atomic E-state index is -0.583. The van der Waals surface area contributed by atoms with Gasteiger partial charge >= 0.3 is 0 Å². The summed E-state index contributed by atoms with van der Waals surface area (Å²) in [4.78, 5) is 1.53. The Labute approximate surface area is 332 Å². The number of benzene rings is 8. The number of hydrogen-bond acceptors (Lipinski definition) is 4. The van der Waals surface area contributed by atoms with Gasteiger partial charge in [0.1, 0.15) is 22.3 Å². The predicted octanol–water partition coefficient (Wildman–Crippen LogP) is 14.7. The molecule has 52 heavy (non-hydrogen) atoms. The average molecular weight is 705 g/mol. The number of thiophene rings is 1. The Balaban J connectivity index is 1.17. The lowest BCUT2D eigenvalue weighted by Gasteiger charge is -2.26. The Morgan fingerprint density at radius 3 is 1.46 bits per heavy atom.